The summed E-state index contributed by atoms with van der Waals surface area (Å²) in [5, 5.41) is 20.0. The van der Waals surface area contributed by atoms with Crippen LogP contribution in [0, 0.1) is 34.2 Å². The summed E-state index contributed by atoms with van der Waals surface area (Å²) >= 11 is 1.96. The maximum absolute atomic E-state index is 12.6. The minimum Gasteiger partial charge on any atom is -0.507 e. The van der Waals surface area contributed by atoms with Crippen LogP contribution in [0.3, 0.4) is 0 Å². The molecular weight excluding hydrogens is 415 g/mol. The molecular formula is C16H15IO6. The molecule has 1 saturated heterocycles. The van der Waals surface area contributed by atoms with Gasteiger partial charge in [0.25, 0.3) is 0 Å². The molecule has 2 bridgehead atoms. The molecule has 3 fully saturated rings. The molecule has 6 atom stereocenters. The van der Waals surface area contributed by atoms with Gasteiger partial charge in [0.1, 0.15) is 17.6 Å². The van der Waals surface area contributed by atoms with Crippen molar-refractivity contribution in [3.63, 3.8) is 0 Å². The van der Waals surface area contributed by atoms with Gasteiger partial charge in [-0.25, -0.2) is 0 Å². The molecule has 0 amide bonds. The number of phenolic OH excluding ortho intramolecular Hbond substituents is 1. The van der Waals surface area contributed by atoms with E-state index >= 15 is 0 Å². The summed E-state index contributed by atoms with van der Waals surface area (Å²) in [6.07, 6.45) is -0.630. The summed E-state index contributed by atoms with van der Waals surface area (Å²) < 4.78 is 11.2. The Kier molecular flexibility index (Phi) is 3.35. The number of esters is 2. The molecule has 2 saturated carbocycles. The fraction of sp³-hybridized carbons (Fsp3) is 0.500. The molecule has 0 aromatic heterocycles. The fourth-order valence-electron chi connectivity index (χ4n) is 4.29. The summed E-state index contributed by atoms with van der Waals surface area (Å²) in [4.78, 5) is 24.6. The second-order valence-corrected chi connectivity index (χ2v) is 7.66. The van der Waals surface area contributed by atoms with E-state index in [1.165, 1.54) is 0 Å². The molecule has 0 spiro atoms. The molecule has 6 nitrogen and oxygen atoms in total. The van der Waals surface area contributed by atoms with E-state index in [2.05, 4.69) is 0 Å². The van der Waals surface area contributed by atoms with Gasteiger partial charge in [-0.1, -0.05) is 0 Å². The normalized spacial score (nSPS) is 37.1. The van der Waals surface area contributed by atoms with Crippen LogP contribution in [-0.4, -0.2) is 34.4 Å². The Labute approximate surface area is 145 Å². The lowest BCUT2D eigenvalue weighted by molar-refractivity contribution is -0.149. The van der Waals surface area contributed by atoms with E-state index < -0.39 is 36.0 Å². The van der Waals surface area contributed by atoms with Crippen LogP contribution in [0.2, 0.25) is 0 Å². The predicted molar refractivity (Wildman–Crippen MR) is 85.7 cm³/mol. The monoisotopic (exact) mass is 430 g/mol. The quantitative estimate of drug-likeness (QED) is 0.419. The average molecular weight is 430 g/mol. The first-order chi connectivity index (χ1) is 10.9. The van der Waals surface area contributed by atoms with E-state index in [1.807, 2.05) is 22.6 Å². The number of hydrogen-bond acceptors (Lipinski definition) is 6. The lowest BCUT2D eigenvalue weighted by Gasteiger charge is -2.26. The molecule has 1 aromatic rings. The van der Waals surface area contributed by atoms with Crippen molar-refractivity contribution in [2.45, 2.75) is 25.6 Å². The van der Waals surface area contributed by atoms with Crippen LogP contribution in [0.4, 0.5) is 0 Å². The third kappa shape index (κ3) is 2.09. The van der Waals surface area contributed by atoms with Crippen molar-refractivity contribution in [3.05, 3.63) is 21.3 Å². The Hall–Kier alpha value is -1.35. The highest BCUT2D eigenvalue weighted by atomic mass is 127. The lowest BCUT2D eigenvalue weighted by atomic mass is 9.78. The number of carbonyl (C=O) groups is 2. The van der Waals surface area contributed by atoms with Gasteiger partial charge in [-0.15, -0.1) is 0 Å². The van der Waals surface area contributed by atoms with E-state index in [4.69, 9.17) is 9.47 Å². The number of phenols is 1. The molecule has 2 aliphatic carbocycles. The molecule has 2 N–H and O–H groups in total. The fourth-order valence-corrected chi connectivity index (χ4v) is 5.02. The number of hydrogen-bond donors (Lipinski definition) is 2. The zero-order valence-electron chi connectivity index (χ0n) is 12.2. The summed E-state index contributed by atoms with van der Waals surface area (Å²) in [5.74, 6) is -1.96. The van der Waals surface area contributed by atoms with Crippen molar-refractivity contribution < 1.29 is 29.3 Å². The lowest BCUT2D eigenvalue weighted by Crippen LogP contribution is -2.42. The topological polar surface area (TPSA) is 93.1 Å². The smallest absolute Gasteiger partial charge is 0.315 e. The highest BCUT2D eigenvalue weighted by Gasteiger charge is 2.68. The van der Waals surface area contributed by atoms with Gasteiger partial charge in [0, 0.05) is 11.8 Å². The van der Waals surface area contributed by atoms with Crippen LogP contribution in [0.15, 0.2) is 12.1 Å². The van der Waals surface area contributed by atoms with Gasteiger partial charge in [0.05, 0.1) is 21.5 Å². The van der Waals surface area contributed by atoms with Crippen LogP contribution >= 0.6 is 22.6 Å². The largest absolute Gasteiger partial charge is 0.507 e. The van der Waals surface area contributed by atoms with E-state index in [-0.39, 0.29) is 17.6 Å². The van der Waals surface area contributed by atoms with Gasteiger partial charge < -0.3 is 19.7 Å². The van der Waals surface area contributed by atoms with E-state index in [9.17, 15) is 19.8 Å². The van der Waals surface area contributed by atoms with E-state index in [0.717, 1.165) is 0 Å². The Balaban J connectivity index is 1.60. The summed E-state index contributed by atoms with van der Waals surface area (Å²) in [7, 11) is 0. The zero-order chi connectivity index (χ0) is 16.5. The number of aryl methyl sites for hydroxylation is 1. The molecule has 3 aliphatic rings. The first-order valence-electron chi connectivity index (χ1n) is 7.48. The third-order valence-corrected chi connectivity index (χ3v) is 6.12. The number of ether oxygens (including phenoxy) is 2. The predicted octanol–water partition coefficient (Wildman–Crippen LogP) is 1.38. The highest BCUT2D eigenvalue weighted by Crippen LogP contribution is 2.58. The summed E-state index contributed by atoms with van der Waals surface area (Å²) in [6.45, 7) is 1.72. The number of benzene rings is 1. The molecule has 4 rings (SSSR count). The van der Waals surface area contributed by atoms with Crippen LogP contribution in [0.25, 0.3) is 0 Å². The Morgan fingerprint density at radius 1 is 1.39 bits per heavy atom. The second kappa shape index (κ2) is 5.07. The van der Waals surface area contributed by atoms with Crippen molar-refractivity contribution in [2.75, 3.05) is 0 Å². The van der Waals surface area contributed by atoms with Crippen molar-refractivity contribution in [1.82, 2.24) is 0 Å². The first kappa shape index (κ1) is 15.2. The van der Waals surface area contributed by atoms with E-state index in [0.29, 0.717) is 21.3 Å². The summed E-state index contributed by atoms with van der Waals surface area (Å²) in [5.41, 5.74) is 0.605. The molecule has 6 unspecified atom stereocenters. The minimum absolute atomic E-state index is 0.0817. The minimum atomic E-state index is -0.790. The average Bonchev–Trinajstić information content (AvgIpc) is 3.08. The van der Waals surface area contributed by atoms with Crippen LogP contribution in [0.1, 0.15) is 12.0 Å². The van der Waals surface area contributed by atoms with Crippen molar-refractivity contribution in [1.29, 1.82) is 0 Å². The van der Waals surface area contributed by atoms with Gasteiger partial charge in [0.15, 0.2) is 0 Å². The van der Waals surface area contributed by atoms with E-state index in [1.54, 1.807) is 19.1 Å². The number of aliphatic hydroxyl groups excluding tert-OH is 1. The van der Waals surface area contributed by atoms with Gasteiger partial charge in [-0.2, -0.15) is 0 Å². The SMILES string of the molecule is Cc1cc(OC(=O)C2C3CC4C(OC(=O)C42)C3O)cc(I)c1O. The first-order valence-corrected chi connectivity index (χ1v) is 8.55. The Morgan fingerprint density at radius 2 is 2.13 bits per heavy atom. The Morgan fingerprint density at radius 3 is 2.83 bits per heavy atom. The van der Waals surface area contributed by atoms with Crippen molar-refractivity contribution in [3.8, 4) is 11.5 Å². The van der Waals surface area contributed by atoms with Crippen LogP contribution in [-0.2, 0) is 14.3 Å². The number of aromatic hydroxyl groups is 1. The zero-order valence-corrected chi connectivity index (χ0v) is 14.4. The molecule has 1 aliphatic heterocycles. The number of fused-ring (bicyclic) bond motifs is 1. The summed E-state index contributed by atoms with van der Waals surface area (Å²) in [6, 6.07) is 3.15. The van der Waals surface area contributed by atoms with Gasteiger partial charge in [0.2, 0.25) is 0 Å². The van der Waals surface area contributed by atoms with Crippen molar-refractivity contribution >= 4 is 34.5 Å². The van der Waals surface area contributed by atoms with Gasteiger partial charge in [-0.3, -0.25) is 9.59 Å². The van der Waals surface area contributed by atoms with Crippen LogP contribution in [0.5, 0.6) is 11.5 Å². The molecule has 7 heteroatoms. The second-order valence-electron chi connectivity index (χ2n) is 6.50. The third-order valence-electron chi connectivity index (χ3n) is 5.29. The number of halogens is 1. The number of rotatable bonds is 2. The maximum Gasteiger partial charge on any atom is 0.315 e. The van der Waals surface area contributed by atoms with Crippen molar-refractivity contribution in [2.24, 2.45) is 23.7 Å². The molecule has 0 radical (unpaired) electrons. The number of aliphatic hydroxyl groups is 1. The maximum atomic E-state index is 12.6. The molecule has 1 aromatic carbocycles. The molecule has 23 heavy (non-hydrogen) atoms. The number of carbonyl (C=O) groups excluding carboxylic acids is 2. The van der Waals surface area contributed by atoms with Gasteiger partial charge >= 0.3 is 11.9 Å². The Bertz CT molecular complexity index is 694. The highest BCUT2D eigenvalue weighted by molar-refractivity contribution is 14.1. The standard InChI is InChI=1S/C16H15IO6/c1-5-2-6(3-9(17)12(5)18)22-15(20)10-7-4-8-11(10)16(21)23-14(8)13(7)19/h2-3,7-8,10-11,13-14,18-19H,4H2,1H3. The van der Waals surface area contributed by atoms with Crippen LogP contribution < -0.4 is 4.74 Å². The molecule has 1 heterocycles. The van der Waals surface area contributed by atoms with Gasteiger partial charge in [-0.05, 0) is 53.6 Å². The molecule has 122 valence electrons.